The Labute approximate surface area is 125 Å². The van der Waals surface area contributed by atoms with E-state index in [9.17, 15) is 0 Å². The lowest BCUT2D eigenvalue weighted by atomic mass is 9.94. The molecular formula is C17H20N2O2. The SMILES string of the molecule is C#CC(CCc1c(C)cc(-c2noc(C)n2)cc1C)OC. The third-order valence-corrected chi connectivity index (χ3v) is 3.61. The highest BCUT2D eigenvalue weighted by Gasteiger charge is 2.12. The number of aromatic nitrogens is 2. The second kappa shape index (κ2) is 6.55. The molecule has 0 radical (unpaired) electrons. The van der Waals surface area contributed by atoms with Crippen LogP contribution in [-0.2, 0) is 11.2 Å². The zero-order valence-electron chi connectivity index (χ0n) is 12.9. The van der Waals surface area contributed by atoms with Crippen LogP contribution in [0.5, 0.6) is 0 Å². The first-order valence-electron chi connectivity index (χ1n) is 6.95. The van der Waals surface area contributed by atoms with Crippen molar-refractivity contribution in [1.29, 1.82) is 0 Å². The molecule has 0 saturated carbocycles. The molecule has 0 amide bonds. The second-order valence-electron chi connectivity index (χ2n) is 5.16. The van der Waals surface area contributed by atoms with E-state index in [-0.39, 0.29) is 6.10 Å². The van der Waals surface area contributed by atoms with Crippen LogP contribution in [0.4, 0.5) is 0 Å². The van der Waals surface area contributed by atoms with E-state index in [1.807, 2.05) is 0 Å². The van der Waals surface area contributed by atoms with Crippen molar-refractivity contribution in [2.75, 3.05) is 7.11 Å². The van der Waals surface area contributed by atoms with Crippen molar-refractivity contribution in [3.05, 3.63) is 34.7 Å². The van der Waals surface area contributed by atoms with Crippen LogP contribution in [0.25, 0.3) is 11.4 Å². The van der Waals surface area contributed by atoms with E-state index in [2.05, 4.69) is 42.0 Å². The lowest BCUT2D eigenvalue weighted by Crippen LogP contribution is -2.09. The van der Waals surface area contributed by atoms with Gasteiger partial charge in [0.1, 0.15) is 6.10 Å². The molecule has 0 bridgehead atoms. The Bertz CT molecular complexity index is 645. The molecule has 1 atom stereocenters. The van der Waals surface area contributed by atoms with Crippen molar-refractivity contribution in [3.63, 3.8) is 0 Å². The summed E-state index contributed by atoms with van der Waals surface area (Å²) in [7, 11) is 1.64. The molecular weight excluding hydrogens is 264 g/mol. The molecule has 1 aromatic heterocycles. The molecule has 1 heterocycles. The van der Waals surface area contributed by atoms with Gasteiger partial charge < -0.3 is 9.26 Å². The molecule has 0 aliphatic rings. The first kappa shape index (κ1) is 15.3. The molecule has 1 unspecified atom stereocenters. The Balaban J connectivity index is 2.24. The number of nitrogens with zero attached hydrogens (tertiary/aromatic N) is 2. The summed E-state index contributed by atoms with van der Waals surface area (Å²) in [6, 6.07) is 4.18. The Morgan fingerprint density at radius 2 is 1.95 bits per heavy atom. The van der Waals surface area contributed by atoms with Gasteiger partial charge in [0.2, 0.25) is 11.7 Å². The van der Waals surface area contributed by atoms with Crippen LogP contribution in [0.3, 0.4) is 0 Å². The van der Waals surface area contributed by atoms with Crippen LogP contribution in [-0.4, -0.2) is 23.4 Å². The Morgan fingerprint density at radius 3 is 2.43 bits per heavy atom. The minimum Gasteiger partial charge on any atom is -0.369 e. The highest BCUT2D eigenvalue weighted by atomic mass is 16.5. The summed E-state index contributed by atoms with van der Waals surface area (Å²) >= 11 is 0. The Kier molecular flexibility index (Phi) is 4.77. The number of hydrogen-bond donors (Lipinski definition) is 0. The van der Waals surface area contributed by atoms with E-state index >= 15 is 0 Å². The van der Waals surface area contributed by atoms with E-state index in [1.165, 1.54) is 16.7 Å². The summed E-state index contributed by atoms with van der Waals surface area (Å²) in [5.41, 5.74) is 4.70. The van der Waals surface area contributed by atoms with Crippen molar-refractivity contribution in [2.24, 2.45) is 0 Å². The van der Waals surface area contributed by atoms with Crippen molar-refractivity contribution < 1.29 is 9.26 Å². The van der Waals surface area contributed by atoms with E-state index in [4.69, 9.17) is 15.7 Å². The van der Waals surface area contributed by atoms with Crippen molar-refractivity contribution in [2.45, 2.75) is 39.7 Å². The van der Waals surface area contributed by atoms with Gasteiger partial charge in [-0.2, -0.15) is 4.98 Å². The first-order chi connectivity index (χ1) is 10.0. The number of methoxy groups -OCH3 is 1. The molecule has 21 heavy (non-hydrogen) atoms. The lowest BCUT2D eigenvalue weighted by molar-refractivity contribution is 0.141. The lowest BCUT2D eigenvalue weighted by Gasteiger charge is -2.13. The maximum atomic E-state index is 5.42. The number of ether oxygens (including phenoxy) is 1. The molecule has 110 valence electrons. The molecule has 0 aliphatic heterocycles. The van der Waals surface area contributed by atoms with E-state index < -0.39 is 0 Å². The third-order valence-electron chi connectivity index (χ3n) is 3.61. The van der Waals surface area contributed by atoms with Gasteiger partial charge in [-0.25, -0.2) is 0 Å². The molecule has 2 rings (SSSR count). The highest BCUT2D eigenvalue weighted by molar-refractivity contribution is 5.59. The van der Waals surface area contributed by atoms with E-state index in [0.29, 0.717) is 11.7 Å². The second-order valence-corrected chi connectivity index (χ2v) is 5.16. The number of terminal acetylenes is 1. The van der Waals surface area contributed by atoms with Crippen molar-refractivity contribution in [3.8, 4) is 23.7 Å². The van der Waals surface area contributed by atoms with Crippen LogP contribution in [0.1, 0.15) is 29.0 Å². The molecule has 0 spiro atoms. The Hall–Kier alpha value is -2.12. The predicted octanol–water partition coefficient (Wildman–Crippen LogP) is 3.24. The van der Waals surface area contributed by atoms with Gasteiger partial charge in [-0.3, -0.25) is 0 Å². The standard InChI is InChI=1S/C17H20N2O2/c1-6-15(20-5)7-8-16-11(2)9-14(10-12(16)3)17-18-13(4)21-19-17/h1,9-10,15H,7-8H2,2-5H3. The summed E-state index contributed by atoms with van der Waals surface area (Å²) in [5.74, 6) is 3.85. The zero-order valence-corrected chi connectivity index (χ0v) is 12.9. The van der Waals surface area contributed by atoms with Crippen LogP contribution >= 0.6 is 0 Å². The summed E-state index contributed by atoms with van der Waals surface area (Å²) < 4.78 is 10.3. The molecule has 0 aliphatic carbocycles. The average Bonchev–Trinajstić information content (AvgIpc) is 2.88. The van der Waals surface area contributed by atoms with E-state index in [1.54, 1.807) is 14.0 Å². The fraction of sp³-hybridized carbons (Fsp3) is 0.412. The van der Waals surface area contributed by atoms with Crippen LogP contribution in [0, 0.1) is 33.1 Å². The molecule has 1 aromatic carbocycles. The minimum absolute atomic E-state index is 0.136. The smallest absolute Gasteiger partial charge is 0.223 e. The number of rotatable bonds is 5. The quantitative estimate of drug-likeness (QED) is 0.791. The van der Waals surface area contributed by atoms with Gasteiger partial charge in [0, 0.05) is 19.6 Å². The predicted molar refractivity (Wildman–Crippen MR) is 81.9 cm³/mol. The van der Waals surface area contributed by atoms with Gasteiger partial charge in [0.05, 0.1) is 0 Å². The normalized spacial score (nSPS) is 12.1. The summed E-state index contributed by atoms with van der Waals surface area (Å²) in [4.78, 5) is 4.27. The maximum Gasteiger partial charge on any atom is 0.223 e. The van der Waals surface area contributed by atoms with E-state index in [0.717, 1.165) is 18.4 Å². The zero-order chi connectivity index (χ0) is 15.4. The Morgan fingerprint density at radius 1 is 1.29 bits per heavy atom. The van der Waals surface area contributed by atoms with Crippen LogP contribution in [0.15, 0.2) is 16.7 Å². The fourth-order valence-electron chi connectivity index (χ4n) is 2.48. The van der Waals surface area contributed by atoms with Gasteiger partial charge in [-0.15, -0.1) is 6.42 Å². The molecule has 4 heteroatoms. The summed E-state index contributed by atoms with van der Waals surface area (Å²) in [5, 5.41) is 3.97. The van der Waals surface area contributed by atoms with Crippen LogP contribution < -0.4 is 0 Å². The van der Waals surface area contributed by atoms with Gasteiger partial charge >= 0.3 is 0 Å². The number of aryl methyl sites for hydroxylation is 3. The number of hydrogen-bond acceptors (Lipinski definition) is 4. The third kappa shape index (κ3) is 3.50. The summed E-state index contributed by atoms with van der Waals surface area (Å²) in [6.07, 6.45) is 7.00. The molecule has 0 fully saturated rings. The first-order valence-corrected chi connectivity index (χ1v) is 6.95. The molecule has 2 aromatic rings. The maximum absolute atomic E-state index is 5.42. The molecule has 0 saturated heterocycles. The minimum atomic E-state index is -0.136. The van der Waals surface area contributed by atoms with Gasteiger partial charge in [0.15, 0.2) is 0 Å². The summed E-state index contributed by atoms with van der Waals surface area (Å²) in [6.45, 7) is 5.97. The number of benzene rings is 1. The molecule has 4 nitrogen and oxygen atoms in total. The monoisotopic (exact) mass is 284 g/mol. The van der Waals surface area contributed by atoms with Gasteiger partial charge in [-0.05, 0) is 55.5 Å². The van der Waals surface area contributed by atoms with Gasteiger partial charge in [0.25, 0.3) is 0 Å². The fourth-order valence-corrected chi connectivity index (χ4v) is 2.48. The van der Waals surface area contributed by atoms with Gasteiger partial charge in [-0.1, -0.05) is 11.1 Å². The average molecular weight is 284 g/mol. The topological polar surface area (TPSA) is 48.2 Å². The highest BCUT2D eigenvalue weighted by Crippen LogP contribution is 2.24. The van der Waals surface area contributed by atoms with Crippen molar-refractivity contribution in [1.82, 2.24) is 10.1 Å². The largest absolute Gasteiger partial charge is 0.369 e. The molecule has 0 N–H and O–H groups in total. The van der Waals surface area contributed by atoms with Crippen LogP contribution in [0.2, 0.25) is 0 Å². The van der Waals surface area contributed by atoms with Crippen molar-refractivity contribution >= 4 is 0 Å².